The molecule has 1 atom stereocenters. The molecule has 0 aliphatic heterocycles. The van der Waals surface area contributed by atoms with Gasteiger partial charge in [0.05, 0.1) is 6.54 Å². The number of aromatic amines is 1. The molecule has 0 fully saturated rings. The number of nitrogens with one attached hydrogen (secondary N) is 2. The summed E-state index contributed by atoms with van der Waals surface area (Å²) in [7, 11) is 0. The first-order chi connectivity index (χ1) is 8.59. The molecular formula is C14H16N2O2. The van der Waals surface area contributed by atoms with E-state index in [-0.39, 0.29) is 12.5 Å². The van der Waals surface area contributed by atoms with Crippen LogP contribution in [-0.2, 0) is 5.60 Å². The minimum absolute atomic E-state index is 0.162. The molecule has 2 rings (SSSR count). The third kappa shape index (κ3) is 2.78. The molecule has 0 saturated heterocycles. The Hall–Kier alpha value is -2.07. The van der Waals surface area contributed by atoms with Gasteiger partial charge in [-0.05, 0) is 24.6 Å². The van der Waals surface area contributed by atoms with Crippen LogP contribution in [0.15, 0.2) is 48.7 Å². The number of hydrogen-bond donors (Lipinski definition) is 3. The van der Waals surface area contributed by atoms with Crippen LogP contribution in [0.1, 0.15) is 23.0 Å². The molecule has 0 radical (unpaired) electrons. The van der Waals surface area contributed by atoms with Gasteiger partial charge in [0.25, 0.3) is 5.91 Å². The summed E-state index contributed by atoms with van der Waals surface area (Å²) in [5, 5.41) is 13.0. The molecule has 0 saturated carbocycles. The highest BCUT2D eigenvalue weighted by Gasteiger charge is 2.23. The van der Waals surface area contributed by atoms with Crippen LogP contribution in [0.25, 0.3) is 0 Å². The van der Waals surface area contributed by atoms with Gasteiger partial charge >= 0.3 is 0 Å². The molecule has 1 amide bonds. The molecule has 18 heavy (non-hydrogen) atoms. The van der Waals surface area contributed by atoms with E-state index >= 15 is 0 Å². The van der Waals surface area contributed by atoms with Gasteiger partial charge in [-0.1, -0.05) is 30.3 Å². The molecule has 94 valence electrons. The lowest BCUT2D eigenvalue weighted by Gasteiger charge is -2.24. The summed E-state index contributed by atoms with van der Waals surface area (Å²) in [4.78, 5) is 14.5. The molecule has 0 aliphatic carbocycles. The third-order valence-corrected chi connectivity index (χ3v) is 2.83. The lowest BCUT2D eigenvalue weighted by molar-refractivity contribution is 0.0525. The lowest BCUT2D eigenvalue weighted by atomic mass is 9.96. The standard InChI is InChI=1S/C14H16N2O2/c1-14(18,11-6-3-2-4-7-11)10-16-13(17)12-8-5-9-15-12/h2-9,15,18H,10H2,1H3,(H,16,17). The topological polar surface area (TPSA) is 65.1 Å². The second kappa shape index (κ2) is 5.06. The number of aliphatic hydroxyl groups is 1. The summed E-state index contributed by atoms with van der Waals surface area (Å²) in [6.07, 6.45) is 1.68. The van der Waals surface area contributed by atoms with Gasteiger partial charge in [0.15, 0.2) is 0 Å². The number of carbonyl (C=O) groups excluding carboxylic acids is 1. The van der Waals surface area contributed by atoms with E-state index in [9.17, 15) is 9.90 Å². The summed E-state index contributed by atoms with van der Waals surface area (Å²) in [6, 6.07) is 12.7. The monoisotopic (exact) mass is 244 g/mol. The zero-order valence-corrected chi connectivity index (χ0v) is 10.2. The molecule has 0 bridgehead atoms. The average Bonchev–Trinajstić information content (AvgIpc) is 2.91. The van der Waals surface area contributed by atoms with Gasteiger partial charge in [0, 0.05) is 6.20 Å². The van der Waals surface area contributed by atoms with E-state index < -0.39 is 5.60 Å². The summed E-state index contributed by atoms with van der Waals surface area (Å²) in [5.41, 5.74) is 0.180. The quantitative estimate of drug-likeness (QED) is 0.765. The normalized spacial score (nSPS) is 13.9. The number of aromatic nitrogens is 1. The maximum Gasteiger partial charge on any atom is 0.267 e. The Labute approximate surface area is 106 Å². The van der Waals surface area contributed by atoms with Gasteiger partial charge in [0.1, 0.15) is 11.3 Å². The van der Waals surface area contributed by atoms with Crippen LogP contribution in [0.4, 0.5) is 0 Å². The second-order valence-corrected chi connectivity index (χ2v) is 4.41. The van der Waals surface area contributed by atoms with Gasteiger partial charge in [-0.25, -0.2) is 0 Å². The smallest absolute Gasteiger partial charge is 0.267 e. The van der Waals surface area contributed by atoms with Crippen LogP contribution in [-0.4, -0.2) is 22.5 Å². The lowest BCUT2D eigenvalue weighted by Crippen LogP contribution is -2.38. The van der Waals surface area contributed by atoms with Crippen molar-refractivity contribution in [1.82, 2.24) is 10.3 Å². The number of hydrogen-bond acceptors (Lipinski definition) is 2. The summed E-state index contributed by atoms with van der Waals surface area (Å²) >= 11 is 0. The van der Waals surface area contributed by atoms with Crippen LogP contribution in [0.2, 0.25) is 0 Å². The van der Waals surface area contributed by atoms with Crippen molar-refractivity contribution in [3.8, 4) is 0 Å². The summed E-state index contributed by atoms with van der Waals surface area (Å²) < 4.78 is 0. The van der Waals surface area contributed by atoms with E-state index in [1.807, 2.05) is 30.3 Å². The number of H-pyrrole nitrogens is 1. The highest BCUT2D eigenvalue weighted by Crippen LogP contribution is 2.18. The zero-order valence-electron chi connectivity index (χ0n) is 10.2. The second-order valence-electron chi connectivity index (χ2n) is 4.41. The van der Waals surface area contributed by atoms with Crippen molar-refractivity contribution >= 4 is 5.91 Å². The summed E-state index contributed by atoms with van der Waals surface area (Å²) in [6.45, 7) is 1.84. The average molecular weight is 244 g/mol. The molecule has 2 aromatic rings. The van der Waals surface area contributed by atoms with Crippen molar-refractivity contribution in [2.75, 3.05) is 6.54 Å². The van der Waals surface area contributed by atoms with Crippen molar-refractivity contribution < 1.29 is 9.90 Å². The van der Waals surface area contributed by atoms with Crippen molar-refractivity contribution in [2.45, 2.75) is 12.5 Å². The fourth-order valence-electron chi connectivity index (χ4n) is 1.72. The van der Waals surface area contributed by atoms with Crippen molar-refractivity contribution in [3.63, 3.8) is 0 Å². The minimum atomic E-state index is -1.08. The molecular weight excluding hydrogens is 228 g/mol. The largest absolute Gasteiger partial charge is 0.384 e. The number of rotatable bonds is 4. The third-order valence-electron chi connectivity index (χ3n) is 2.83. The van der Waals surface area contributed by atoms with Crippen molar-refractivity contribution in [1.29, 1.82) is 0 Å². The van der Waals surface area contributed by atoms with Crippen LogP contribution < -0.4 is 5.32 Å². The first-order valence-electron chi connectivity index (χ1n) is 5.79. The van der Waals surface area contributed by atoms with Gasteiger partial charge < -0.3 is 15.4 Å². The molecule has 1 aromatic carbocycles. The van der Waals surface area contributed by atoms with Gasteiger partial charge in [-0.3, -0.25) is 4.79 Å². The molecule has 4 heteroatoms. The molecule has 1 heterocycles. The van der Waals surface area contributed by atoms with Gasteiger partial charge in [-0.15, -0.1) is 0 Å². The maximum absolute atomic E-state index is 11.7. The Balaban J connectivity index is 1.99. The van der Waals surface area contributed by atoms with Gasteiger partial charge in [0.2, 0.25) is 0 Å². The molecule has 3 N–H and O–H groups in total. The van der Waals surface area contributed by atoms with Crippen LogP contribution in [0.5, 0.6) is 0 Å². The van der Waals surface area contributed by atoms with Crippen molar-refractivity contribution in [2.24, 2.45) is 0 Å². The van der Waals surface area contributed by atoms with Gasteiger partial charge in [-0.2, -0.15) is 0 Å². The van der Waals surface area contributed by atoms with E-state index in [1.54, 1.807) is 25.3 Å². The van der Waals surface area contributed by atoms with Crippen LogP contribution in [0.3, 0.4) is 0 Å². The first kappa shape index (κ1) is 12.4. The van der Waals surface area contributed by atoms with Crippen LogP contribution >= 0.6 is 0 Å². The SMILES string of the molecule is CC(O)(CNC(=O)c1ccc[nH]1)c1ccccc1. The Kier molecular flexibility index (Phi) is 3.48. The number of carbonyl (C=O) groups is 1. The first-order valence-corrected chi connectivity index (χ1v) is 5.79. The van der Waals surface area contributed by atoms with E-state index in [0.29, 0.717) is 5.69 Å². The Morgan fingerprint density at radius 1 is 1.28 bits per heavy atom. The maximum atomic E-state index is 11.7. The van der Waals surface area contributed by atoms with Crippen LogP contribution in [0, 0.1) is 0 Å². The molecule has 0 aliphatic rings. The molecule has 1 unspecified atom stereocenters. The number of benzene rings is 1. The zero-order chi connectivity index (χ0) is 13.0. The van der Waals surface area contributed by atoms with E-state index in [1.165, 1.54) is 0 Å². The van der Waals surface area contributed by atoms with E-state index in [0.717, 1.165) is 5.56 Å². The Morgan fingerprint density at radius 2 is 2.00 bits per heavy atom. The molecule has 0 spiro atoms. The van der Waals surface area contributed by atoms with E-state index in [4.69, 9.17) is 0 Å². The molecule has 1 aromatic heterocycles. The Bertz CT molecular complexity index is 504. The molecule has 4 nitrogen and oxygen atoms in total. The highest BCUT2D eigenvalue weighted by atomic mass is 16.3. The summed E-state index contributed by atoms with van der Waals surface area (Å²) in [5.74, 6) is -0.226. The number of amides is 1. The Morgan fingerprint density at radius 3 is 2.61 bits per heavy atom. The highest BCUT2D eigenvalue weighted by molar-refractivity contribution is 5.92. The predicted molar refractivity (Wildman–Crippen MR) is 69.1 cm³/mol. The minimum Gasteiger partial charge on any atom is -0.384 e. The fraction of sp³-hybridized carbons (Fsp3) is 0.214. The fourth-order valence-corrected chi connectivity index (χ4v) is 1.72. The van der Waals surface area contributed by atoms with Crippen molar-refractivity contribution in [3.05, 3.63) is 59.9 Å². The van der Waals surface area contributed by atoms with E-state index in [2.05, 4.69) is 10.3 Å². The predicted octanol–water partition coefficient (Wildman–Crippen LogP) is 1.65.